The second-order valence-corrected chi connectivity index (χ2v) is 9.86. The molecule has 9 nitrogen and oxygen atoms in total. The number of amides is 3. The van der Waals surface area contributed by atoms with Crippen molar-refractivity contribution >= 4 is 29.4 Å². The Hall–Kier alpha value is -3.88. The Bertz CT molecular complexity index is 1190. The first-order chi connectivity index (χ1) is 17.9. The summed E-state index contributed by atoms with van der Waals surface area (Å²) in [5.41, 5.74) is 1.15. The summed E-state index contributed by atoms with van der Waals surface area (Å²) in [6.07, 6.45) is 2.92. The minimum atomic E-state index is -1.13. The third-order valence-electron chi connectivity index (χ3n) is 7.84. The van der Waals surface area contributed by atoms with Gasteiger partial charge in [0.2, 0.25) is 11.8 Å². The van der Waals surface area contributed by atoms with Crippen LogP contribution in [0.15, 0.2) is 48.5 Å². The first-order valence-corrected chi connectivity index (χ1v) is 12.5. The molecule has 1 heterocycles. The van der Waals surface area contributed by atoms with E-state index in [0.29, 0.717) is 17.2 Å². The largest absolute Gasteiger partial charge is 0.497 e. The highest BCUT2D eigenvalue weighted by atomic mass is 16.5. The van der Waals surface area contributed by atoms with E-state index in [0.717, 1.165) is 29.7 Å². The summed E-state index contributed by atoms with van der Waals surface area (Å²) in [5.74, 6) is -1.31. The average molecular weight is 507 g/mol. The Morgan fingerprint density at radius 1 is 0.973 bits per heavy atom. The van der Waals surface area contributed by atoms with Crippen molar-refractivity contribution in [1.29, 1.82) is 0 Å². The lowest BCUT2D eigenvalue weighted by molar-refractivity contribution is -0.160. The number of nitrogens with zero attached hydrogens (tertiary/aromatic N) is 1. The van der Waals surface area contributed by atoms with Crippen LogP contribution in [-0.2, 0) is 30.3 Å². The van der Waals surface area contributed by atoms with Crippen LogP contribution in [-0.4, -0.2) is 55.5 Å². The average Bonchev–Trinajstić information content (AvgIpc) is 3.60. The highest BCUT2D eigenvalue weighted by molar-refractivity contribution is 6.08. The summed E-state index contributed by atoms with van der Waals surface area (Å²) in [7, 11) is 2.97. The highest BCUT2D eigenvalue weighted by Crippen LogP contribution is 2.56. The first kappa shape index (κ1) is 24.8. The number of anilines is 1. The van der Waals surface area contributed by atoms with E-state index in [2.05, 4.69) is 5.32 Å². The maximum Gasteiger partial charge on any atom is 0.330 e. The molecule has 2 bridgehead atoms. The van der Waals surface area contributed by atoms with E-state index in [4.69, 9.17) is 14.2 Å². The van der Waals surface area contributed by atoms with Gasteiger partial charge in [-0.1, -0.05) is 30.3 Å². The molecule has 1 saturated heterocycles. The van der Waals surface area contributed by atoms with Crippen molar-refractivity contribution in [3.8, 4) is 11.5 Å². The van der Waals surface area contributed by atoms with Gasteiger partial charge in [0.1, 0.15) is 17.5 Å². The molecule has 2 aromatic carbocycles. The van der Waals surface area contributed by atoms with Gasteiger partial charge in [0, 0.05) is 12.5 Å². The van der Waals surface area contributed by atoms with Gasteiger partial charge in [-0.3, -0.25) is 19.3 Å². The molecule has 194 valence electrons. The number of imide groups is 1. The van der Waals surface area contributed by atoms with E-state index in [-0.39, 0.29) is 41.9 Å². The highest BCUT2D eigenvalue weighted by Gasteiger charge is 2.62. The zero-order chi connectivity index (χ0) is 26.1. The molecule has 3 amide bonds. The molecule has 2 aromatic rings. The molecule has 5 atom stereocenters. The molecule has 0 spiro atoms. The number of rotatable bonds is 9. The monoisotopic (exact) mass is 506 g/mol. The number of carbonyl (C=O) groups excluding carboxylic acids is 4. The van der Waals surface area contributed by atoms with E-state index >= 15 is 0 Å². The van der Waals surface area contributed by atoms with Crippen LogP contribution in [0, 0.1) is 23.7 Å². The number of hydrogen-bond donors (Lipinski definition) is 1. The zero-order valence-electron chi connectivity index (χ0n) is 20.8. The Labute approximate surface area is 215 Å². The fourth-order valence-corrected chi connectivity index (χ4v) is 6.19. The first-order valence-electron chi connectivity index (χ1n) is 12.5. The SMILES string of the molecule is COc1ccc(OC)c(NC(=O)COC(=O)[C@@H](Cc2ccccc2)N2C(=O)[C@@H]3[C@H]4CC[C@@H](C4)[C@@H]3C2=O)c1. The molecule has 0 radical (unpaired) electrons. The molecule has 5 rings (SSSR count). The number of nitrogens with one attached hydrogen (secondary N) is 1. The Balaban J connectivity index is 1.31. The van der Waals surface area contributed by atoms with Crippen molar-refractivity contribution in [2.75, 3.05) is 26.1 Å². The lowest BCUT2D eigenvalue weighted by Crippen LogP contribution is -2.48. The number of ether oxygens (including phenoxy) is 3. The van der Waals surface area contributed by atoms with Crippen LogP contribution in [0.25, 0.3) is 0 Å². The summed E-state index contributed by atoms with van der Waals surface area (Å²) >= 11 is 0. The standard InChI is InChI=1S/C28H30N2O7/c1-35-19-10-11-22(36-2)20(14-19)29-23(31)15-37-28(34)21(12-16-6-4-3-5-7-16)30-26(32)24-17-8-9-18(13-17)25(24)27(30)33/h3-7,10-11,14,17-18,21,24-25H,8-9,12-13,15H2,1-2H3,(H,29,31)/t17-,18-,21+,24-,25+/m0/s1. The summed E-state index contributed by atoms with van der Waals surface area (Å²) < 4.78 is 15.8. The van der Waals surface area contributed by atoms with Gasteiger partial charge in [-0.05, 0) is 48.8 Å². The lowest BCUT2D eigenvalue weighted by atomic mass is 9.81. The van der Waals surface area contributed by atoms with Gasteiger partial charge in [-0.15, -0.1) is 0 Å². The number of benzene rings is 2. The van der Waals surface area contributed by atoms with E-state index in [1.54, 1.807) is 18.2 Å². The van der Waals surface area contributed by atoms with Crippen LogP contribution in [0.4, 0.5) is 5.69 Å². The molecular formula is C28H30N2O7. The van der Waals surface area contributed by atoms with Gasteiger partial charge in [-0.2, -0.15) is 0 Å². The summed E-state index contributed by atoms with van der Waals surface area (Å²) in [4.78, 5) is 53.9. The number of fused-ring (bicyclic) bond motifs is 5. The fourth-order valence-electron chi connectivity index (χ4n) is 6.19. The van der Waals surface area contributed by atoms with Crippen molar-refractivity contribution in [1.82, 2.24) is 4.90 Å². The molecule has 1 N–H and O–H groups in total. The van der Waals surface area contributed by atoms with Crippen LogP contribution in [0.3, 0.4) is 0 Å². The number of methoxy groups -OCH3 is 2. The topological polar surface area (TPSA) is 111 Å². The van der Waals surface area contributed by atoms with E-state index < -0.39 is 24.5 Å². The van der Waals surface area contributed by atoms with Gasteiger partial charge >= 0.3 is 5.97 Å². The maximum absolute atomic E-state index is 13.4. The molecule has 9 heteroatoms. The lowest BCUT2D eigenvalue weighted by Gasteiger charge is -2.26. The van der Waals surface area contributed by atoms with E-state index in [1.165, 1.54) is 14.2 Å². The molecule has 0 aromatic heterocycles. The van der Waals surface area contributed by atoms with Crippen LogP contribution in [0.2, 0.25) is 0 Å². The van der Waals surface area contributed by atoms with Gasteiger partial charge in [0.15, 0.2) is 6.61 Å². The van der Waals surface area contributed by atoms with Crippen molar-refractivity contribution in [2.24, 2.45) is 23.7 Å². The van der Waals surface area contributed by atoms with E-state index in [9.17, 15) is 19.2 Å². The molecule has 3 aliphatic rings. The molecule has 2 aliphatic carbocycles. The van der Waals surface area contributed by atoms with Crippen LogP contribution in [0.1, 0.15) is 24.8 Å². The third-order valence-corrected chi connectivity index (χ3v) is 7.84. The van der Waals surface area contributed by atoms with Gasteiger partial charge in [0.25, 0.3) is 5.91 Å². The molecule has 3 fully saturated rings. The van der Waals surface area contributed by atoms with Gasteiger partial charge in [-0.25, -0.2) is 4.79 Å². The summed E-state index contributed by atoms with van der Waals surface area (Å²) in [6, 6.07) is 13.0. The number of likely N-dealkylation sites (tertiary alicyclic amines) is 1. The maximum atomic E-state index is 13.4. The predicted molar refractivity (Wildman–Crippen MR) is 133 cm³/mol. The van der Waals surface area contributed by atoms with Crippen molar-refractivity contribution in [3.05, 3.63) is 54.1 Å². The number of esters is 1. The van der Waals surface area contributed by atoms with Gasteiger partial charge in [0.05, 0.1) is 31.7 Å². The summed E-state index contributed by atoms with van der Waals surface area (Å²) in [5, 5.41) is 2.65. The minimum Gasteiger partial charge on any atom is -0.497 e. The van der Waals surface area contributed by atoms with Crippen molar-refractivity contribution in [2.45, 2.75) is 31.7 Å². The molecule has 37 heavy (non-hydrogen) atoms. The van der Waals surface area contributed by atoms with Crippen LogP contribution in [0.5, 0.6) is 11.5 Å². The molecule has 2 saturated carbocycles. The molecule has 0 unspecified atom stereocenters. The third kappa shape index (κ3) is 4.65. The zero-order valence-corrected chi connectivity index (χ0v) is 20.8. The number of carbonyl (C=O) groups is 4. The minimum absolute atomic E-state index is 0.122. The van der Waals surface area contributed by atoms with Crippen LogP contribution < -0.4 is 14.8 Å². The number of hydrogen-bond acceptors (Lipinski definition) is 7. The Morgan fingerprint density at radius 3 is 2.27 bits per heavy atom. The van der Waals surface area contributed by atoms with Crippen LogP contribution >= 0.6 is 0 Å². The Morgan fingerprint density at radius 2 is 1.65 bits per heavy atom. The normalized spacial score (nSPS) is 24.5. The Kier molecular flexibility index (Phi) is 6.86. The quantitative estimate of drug-likeness (QED) is 0.411. The predicted octanol–water partition coefficient (Wildman–Crippen LogP) is 2.83. The smallest absolute Gasteiger partial charge is 0.330 e. The second kappa shape index (κ2) is 10.2. The van der Waals surface area contributed by atoms with Gasteiger partial charge < -0.3 is 19.5 Å². The fraction of sp³-hybridized carbons (Fsp3) is 0.429. The molecular weight excluding hydrogens is 476 g/mol. The second-order valence-electron chi connectivity index (χ2n) is 9.86. The van der Waals surface area contributed by atoms with E-state index in [1.807, 2.05) is 30.3 Å². The summed E-state index contributed by atoms with van der Waals surface area (Å²) in [6.45, 7) is -0.585. The molecule has 1 aliphatic heterocycles. The van der Waals surface area contributed by atoms with Crippen molar-refractivity contribution in [3.63, 3.8) is 0 Å². The van der Waals surface area contributed by atoms with Crippen molar-refractivity contribution < 1.29 is 33.4 Å².